The Kier molecular flexibility index (Phi) is 7.73. The number of rotatable bonds is 5. The smallest absolute Gasteiger partial charge is 0.420 e. The number of carboxylic acid groups (broad SMARTS) is 1. The van der Waals surface area contributed by atoms with Crippen molar-refractivity contribution in [2.24, 2.45) is 11.8 Å². The van der Waals surface area contributed by atoms with Crippen molar-refractivity contribution >= 4 is 16.7 Å². The van der Waals surface area contributed by atoms with Gasteiger partial charge in [-0.05, 0) is 86.5 Å². The van der Waals surface area contributed by atoms with Gasteiger partial charge in [-0.1, -0.05) is 18.2 Å². The molecule has 2 fully saturated rings. The lowest BCUT2D eigenvalue weighted by Gasteiger charge is -2.31. The summed E-state index contributed by atoms with van der Waals surface area (Å²) in [7, 11) is 0. The Balaban J connectivity index is 1.51. The molecular weight excluding hydrogens is 488 g/mol. The highest BCUT2D eigenvalue weighted by atomic mass is 19.4. The minimum absolute atomic E-state index is 0.0189. The second-order valence-corrected chi connectivity index (χ2v) is 9.87. The van der Waals surface area contributed by atoms with Crippen LogP contribution in [0.2, 0.25) is 0 Å². The highest BCUT2D eigenvalue weighted by Crippen LogP contribution is 2.44. The number of hydrogen-bond donors (Lipinski definition) is 1. The van der Waals surface area contributed by atoms with E-state index < -0.39 is 35.9 Å². The molecule has 0 aromatic heterocycles. The van der Waals surface area contributed by atoms with Crippen LogP contribution in [0.15, 0.2) is 30.3 Å². The van der Waals surface area contributed by atoms with Crippen molar-refractivity contribution in [1.29, 1.82) is 0 Å². The maximum Gasteiger partial charge on any atom is 0.420 e. The van der Waals surface area contributed by atoms with E-state index in [-0.39, 0.29) is 42.7 Å². The highest BCUT2D eigenvalue weighted by Gasteiger charge is 2.42. The van der Waals surface area contributed by atoms with Crippen LogP contribution in [0.25, 0.3) is 10.8 Å². The molecule has 0 amide bonds. The van der Waals surface area contributed by atoms with Crippen LogP contribution >= 0.6 is 0 Å². The molecule has 10 heteroatoms. The average Bonchev–Trinajstić information content (AvgIpc) is 3.04. The van der Waals surface area contributed by atoms with E-state index in [0.717, 1.165) is 18.5 Å². The minimum Gasteiger partial charge on any atom is -0.490 e. The van der Waals surface area contributed by atoms with Gasteiger partial charge in [-0.3, -0.25) is 9.69 Å². The molecule has 1 saturated heterocycles. The van der Waals surface area contributed by atoms with Crippen molar-refractivity contribution in [3.63, 3.8) is 0 Å². The minimum atomic E-state index is -4.70. The fourth-order valence-corrected chi connectivity index (χ4v) is 5.35. The lowest BCUT2D eigenvalue weighted by atomic mass is 9.87. The van der Waals surface area contributed by atoms with E-state index in [1.165, 1.54) is 12.1 Å². The van der Waals surface area contributed by atoms with Crippen LogP contribution in [0, 0.1) is 11.8 Å². The molecule has 198 valence electrons. The summed E-state index contributed by atoms with van der Waals surface area (Å²) in [5.41, 5.74) is -0.0906. The summed E-state index contributed by atoms with van der Waals surface area (Å²) in [6.45, 7) is 1.83. The van der Waals surface area contributed by atoms with Crippen LogP contribution in [0.3, 0.4) is 0 Å². The number of aliphatic carboxylic acids is 1. The van der Waals surface area contributed by atoms with E-state index in [2.05, 4.69) is 4.90 Å². The van der Waals surface area contributed by atoms with Gasteiger partial charge in [0.2, 0.25) is 0 Å². The Hall–Kier alpha value is -2.49. The summed E-state index contributed by atoms with van der Waals surface area (Å²) < 4.78 is 86.7. The van der Waals surface area contributed by atoms with Crippen LogP contribution in [0.4, 0.5) is 26.3 Å². The van der Waals surface area contributed by atoms with E-state index in [1.807, 2.05) is 0 Å². The maximum absolute atomic E-state index is 14.1. The number of hydrogen-bond acceptors (Lipinski definition) is 3. The Morgan fingerprint density at radius 3 is 2.31 bits per heavy atom. The second kappa shape index (κ2) is 10.5. The Bertz CT molecular complexity index is 1080. The van der Waals surface area contributed by atoms with Gasteiger partial charge in [-0.15, -0.1) is 0 Å². The third kappa shape index (κ3) is 6.25. The zero-order valence-corrected chi connectivity index (χ0v) is 19.7. The van der Waals surface area contributed by atoms with Crippen LogP contribution in [0.5, 0.6) is 5.75 Å². The topological polar surface area (TPSA) is 49.8 Å². The molecule has 1 heterocycles. The number of nitrogens with zero attached hydrogens (tertiary/aromatic N) is 1. The number of carbonyl (C=O) groups is 1. The van der Waals surface area contributed by atoms with Gasteiger partial charge in [0.1, 0.15) is 11.3 Å². The Morgan fingerprint density at radius 1 is 0.944 bits per heavy atom. The van der Waals surface area contributed by atoms with Gasteiger partial charge in [0, 0.05) is 6.54 Å². The molecule has 1 atom stereocenters. The van der Waals surface area contributed by atoms with Crippen molar-refractivity contribution in [3.8, 4) is 5.75 Å². The fraction of sp³-hybridized carbons (Fsp3) is 0.577. The third-order valence-electron chi connectivity index (χ3n) is 7.34. The normalized spacial score (nSPS) is 24.4. The first-order chi connectivity index (χ1) is 16.9. The summed E-state index contributed by atoms with van der Waals surface area (Å²) in [5.74, 6) is -2.96. The highest BCUT2D eigenvalue weighted by molar-refractivity contribution is 5.89. The number of fused-ring (bicyclic) bond motifs is 1. The van der Waals surface area contributed by atoms with Gasteiger partial charge >= 0.3 is 18.3 Å². The summed E-state index contributed by atoms with van der Waals surface area (Å²) in [6.07, 6.45) is -8.01. The lowest BCUT2D eigenvalue weighted by Crippen LogP contribution is -2.32. The number of likely N-dealkylation sites (tertiary alicyclic amines) is 1. The van der Waals surface area contributed by atoms with E-state index in [4.69, 9.17) is 4.74 Å². The number of alkyl halides is 6. The summed E-state index contributed by atoms with van der Waals surface area (Å²) in [6, 6.07) is 7.55. The van der Waals surface area contributed by atoms with E-state index >= 15 is 0 Å². The van der Waals surface area contributed by atoms with Crippen molar-refractivity contribution in [2.75, 3.05) is 13.1 Å². The molecule has 2 aromatic carbocycles. The number of benzene rings is 2. The first-order valence-corrected chi connectivity index (χ1v) is 12.2. The van der Waals surface area contributed by atoms with E-state index in [1.54, 1.807) is 18.2 Å². The molecule has 4 rings (SSSR count). The van der Waals surface area contributed by atoms with Crippen LogP contribution in [0.1, 0.15) is 56.1 Å². The standard InChI is InChI=1S/C26H29F6NO3/c27-25(28,29)19-5-7-20(8-6-19)36-22-10-4-18-14-16(3-9-21(18)23(22)26(30,31)32)15-33-12-1-2-17(11-13-33)24(34)35/h3-4,9-10,14,17,19-20H,1-2,5-8,11-13,15H2,(H,34,35)/t17?,19-,20+. The summed E-state index contributed by atoms with van der Waals surface area (Å²) in [5, 5.41) is 9.63. The van der Waals surface area contributed by atoms with Crippen molar-refractivity contribution in [1.82, 2.24) is 4.90 Å². The molecule has 1 unspecified atom stereocenters. The molecule has 0 bridgehead atoms. The fourth-order valence-electron chi connectivity index (χ4n) is 5.35. The van der Waals surface area contributed by atoms with Crippen molar-refractivity contribution in [2.45, 2.75) is 69.9 Å². The summed E-state index contributed by atoms with van der Waals surface area (Å²) in [4.78, 5) is 13.4. The SMILES string of the molecule is O=C(O)C1CCCN(Cc2ccc3c(C(F)(F)F)c(O[C@H]4CC[C@@H](C(F)(F)F)CC4)ccc3c2)CC1. The Labute approximate surface area is 205 Å². The molecular formula is C26H29F6NO3. The van der Waals surface area contributed by atoms with Gasteiger partial charge in [0.15, 0.2) is 0 Å². The third-order valence-corrected chi connectivity index (χ3v) is 7.34. The zero-order valence-electron chi connectivity index (χ0n) is 19.7. The predicted octanol–water partition coefficient (Wildman–Crippen LogP) is 7.05. The maximum atomic E-state index is 14.1. The first kappa shape index (κ1) is 26.6. The van der Waals surface area contributed by atoms with Crippen LogP contribution in [-0.4, -0.2) is 41.3 Å². The van der Waals surface area contributed by atoms with Crippen LogP contribution in [-0.2, 0) is 17.5 Å². The largest absolute Gasteiger partial charge is 0.490 e. The van der Waals surface area contributed by atoms with Gasteiger partial charge in [0.25, 0.3) is 0 Å². The average molecular weight is 518 g/mol. The number of halogens is 6. The zero-order chi connectivity index (χ0) is 26.1. The molecule has 2 aromatic rings. The molecule has 1 aliphatic heterocycles. The molecule has 36 heavy (non-hydrogen) atoms. The van der Waals surface area contributed by atoms with Crippen LogP contribution < -0.4 is 4.74 Å². The molecule has 1 N–H and O–H groups in total. The summed E-state index contributed by atoms with van der Waals surface area (Å²) >= 11 is 0. The molecule has 0 spiro atoms. The quantitative estimate of drug-likeness (QED) is 0.432. The first-order valence-electron chi connectivity index (χ1n) is 12.2. The molecule has 2 aliphatic rings. The number of carboxylic acids is 1. The second-order valence-electron chi connectivity index (χ2n) is 9.87. The Morgan fingerprint density at radius 2 is 1.67 bits per heavy atom. The van der Waals surface area contributed by atoms with Gasteiger partial charge in [-0.2, -0.15) is 26.3 Å². The molecule has 1 aliphatic carbocycles. The van der Waals surface area contributed by atoms with Crippen molar-refractivity contribution < 1.29 is 41.0 Å². The van der Waals surface area contributed by atoms with E-state index in [9.17, 15) is 36.2 Å². The predicted molar refractivity (Wildman–Crippen MR) is 122 cm³/mol. The van der Waals surface area contributed by atoms with Gasteiger partial charge in [0.05, 0.1) is 17.9 Å². The number of ether oxygens (including phenoxy) is 1. The molecule has 4 nitrogen and oxygen atoms in total. The monoisotopic (exact) mass is 517 g/mol. The molecule has 1 saturated carbocycles. The van der Waals surface area contributed by atoms with Gasteiger partial charge in [-0.25, -0.2) is 0 Å². The van der Waals surface area contributed by atoms with Crippen molar-refractivity contribution in [3.05, 3.63) is 41.5 Å². The molecule has 0 radical (unpaired) electrons. The lowest BCUT2D eigenvalue weighted by molar-refractivity contribution is -0.185. The van der Waals surface area contributed by atoms with Gasteiger partial charge < -0.3 is 9.84 Å². The van der Waals surface area contributed by atoms with E-state index in [0.29, 0.717) is 31.3 Å².